The summed E-state index contributed by atoms with van der Waals surface area (Å²) in [4.78, 5) is 16.0. The lowest BCUT2D eigenvalue weighted by molar-refractivity contribution is 0.251. The number of aromatic nitrogens is 2. The van der Waals surface area contributed by atoms with E-state index in [1.54, 1.807) is 12.5 Å². The number of anilines is 1. The van der Waals surface area contributed by atoms with E-state index in [4.69, 9.17) is 0 Å². The fourth-order valence-corrected chi connectivity index (χ4v) is 2.30. The first-order valence-corrected chi connectivity index (χ1v) is 7.57. The SMILES string of the molecule is CC(C)(C)c1ccccc1NC(=O)NCCCn1ccnc1. The van der Waals surface area contributed by atoms with Crippen LogP contribution >= 0.6 is 0 Å². The number of nitrogens with one attached hydrogen (secondary N) is 2. The number of hydrogen-bond acceptors (Lipinski definition) is 2. The molecule has 0 saturated carbocycles. The van der Waals surface area contributed by atoms with Crippen molar-refractivity contribution in [1.82, 2.24) is 14.9 Å². The van der Waals surface area contributed by atoms with Crippen LogP contribution in [0.3, 0.4) is 0 Å². The van der Waals surface area contributed by atoms with Crippen molar-refractivity contribution >= 4 is 11.7 Å². The third kappa shape index (κ3) is 4.62. The Kier molecular flexibility index (Phi) is 5.20. The molecule has 0 aliphatic rings. The van der Waals surface area contributed by atoms with Crippen molar-refractivity contribution in [3.8, 4) is 0 Å². The van der Waals surface area contributed by atoms with E-state index < -0.39 is 0 Å². The normalized spacial score (nSPS) is 11.2. The molecular formula is C17H24N4O. The number of aryl methyl sites for hydroxylation is 1. The molecule has 118 valence electrons. The molecule has 2 rings (SSSR count). The number of hydrogen-bond donors (Lipinski definition) is 2. The zero-order chi connectivity index (χ0) is 16.0. The average molecular weight is 300 g/mol. The first-order valence-electron chi connectivity index (χ1n) is 7.57. The maximum atomic E-state index is 12.0. The highest BCUT2D eigenvalue weighted by atomic mass is 16.2. The highest BCUT2D eigenvalue weighted by molar-refractivity contribution is 5.90. The number of carbonyl (C=O) groups is 1. The summed E-state index contributed by atoms with van der Waals surface area (Å²) in [5, 5.41) is 5.83. The molecule has 22 heavy (non-hydrogen) atoms. The fraction of sp³-hybridized carbons (Fsp3) is 0.412. The Balaban J connectivity index is 1.82. The highest BCUT2D eigenvalue weighted by Gasteiger charge is 2.18. The summed E-state index contributed by atoms with van der Waals surface area (Å²) in [5.74, 6) is 0. The second-order valence-corrected chi connectivity index (χ2v) is 6.33. The van der Waals surface area contributed by atoms with Gasteiger partial charge in [0, 0.05) is 31.2 Å². The molecule has 2 N–H and O–H groups in total. The zero-order valence-electron chi connectivity index (χ0n) is 13.5. The van der Waals surface area contributed by atoms with Crippen LogP contribution in [0.25, 0.3) is 0 Å². The molecule has 5 nitrogen and oxygen atoms in total. The first-order chi connectivity index (χ1) is 10.5. The van der Waals surface area contributed by atoms with Gasteiger partial charge in [-0.3, -0.25) is 0 Å². The predicted octanol–water partition coefficient (Wildman–Crippen LogP) is 3.39. The molecule has 0 aliphatic heterocycles. The number of nitrogens with zero attached hydrogens (tertiary/aromatic N) is 2. The molecule has 1 aromatic carbocycles. The van der Waals surface area contributed by atoms with Crippen molar-refractivity contribution in [2.24, 2.45) is 0 Å². The Hall–Kier alpha value is -2.30. The van der Waals surface area contributed by atoms with Crippen LogP contribution in [0.1, 0.15) is 32.8 Å². The summed E-state index contributed by atoms with van der Waals surface area (Å²) in [6, 6.07) is 7.75. The Bertz CT molecular complexity index is 599. The van der Waals surface area contributed by atoms with Gasteiger partial charge in [0.05, 0.1) is 6.33 Å². The minimum Gasteiger partial charge on any atom is -0.338 e. The molecule has 2 amide bonds. The Morgan fingerprint density at radius 2 is 2.05 bits per heavy atom. The van der Waals surface area contributed by atoms with Crippen molar-refractivity contribution in [2.45, 2.75) is 39.2 Å². The molecule has 0 radical (unpaired) electrons. The largest absolute Gasteiger partial charge is 0.338 e. The standard InChI is InChI=1S/C17H24N4O/c1-17(2,3)14-7-4-5-8-15(14)20-16(22)19-9-6-11-21-12-10-18-13-21/h4-5,7-8,10,12-13H,6,9,11H2,1-3H3,(H2,19,20,22). The topological polar surface area (TPSA) is 59.0 Å². The molecular weight excluding hydrogens is 276 g/mol. The Morgan fingerprint density at radius 3 is 2.73 bits per heavy atom. The molecule has 5 heteroatoms. The Labute approximate surface area is 131 Å². The van der Waals surface area contributed by atoms with Gasteiger partial charge >= 0.3 is 6.03 Å². The van der Waals surface area contributed by atoms with E-state index in [1.165, 1.54) is 0 Å². The maximum Gasteiger partial charge on any atom is 0.319 e. The first kappa shape index (κ1) is 16.1. The molecule has 0 saturated heterocycles. The number of imidazole rings is 1. The summed E-state index contributed by atoms with van der Waals surface area (Å²) >= 11 is 0. The van der Waals surface area contributed by atoms with Gasteiger partial charge in [-0.1, -0.05) is 39.0 Å². The smallest absolute Gasteiger partial charge is 0.319 e. The summed E-state index contributed by atoms with van der Waals surface area (Å²) in [7, 11) is 0. The van der Waals surface area contributed by atoms with Gasteiger partial charge in [0.15, 0.2) is 0 Å². The van der Waals surface area contributed by atoms with E-state index >= 15 is 0 Å². The number of para-hydroxylation sites is 1. The molecule has 0 atom stereocenters. The van der Waals surface area contributed by atoms with Gasteiger partial charge in [0.25, 0.3) is 0 Å². The van der Waals surface area contributed by atoms with Crippen LogP contribution in [0.15, 0.2) is 43.0 Å². The van der Waals surface area contributed by atoms with Gasteiger partial charge < -0.3 is 15.2 Å². The predicted molar refractivity (Wildman–Crippen MR) is 89.0 cm³/mol. The minimum atomic E-state index is -0.165. The quantitative estimate of drug-likeness (QED) is 0.832. The van der Waals surface area contributed by atoms with Gasteiger partial charge in [0.2, 0.25) is 0 Å². The van der Waals surface area contributed by atoms with Crippen molar-refractivity contribution in [3.05, 3.63) is 48.5 Å². The number of benzene rings is 1. The van der Waals surface area contributed by atoms with Crippen molar-refractivity contribution in [3.63, 3.8) is 0 Å². The number of carbonyl (C=O) groups excluding carboxylic acids is 1. The van der Waals surface area contributed by atoms with Gasteiger partial charge in [-0.25, -0.2) is 9.78 Å². The lowest BCUT2D eigenvalue weighted by Crippen LogP contribution is -2.31. The lowest BCUT2D eigenvalue weighted by Gasteiger charge is -2.23. The summed E-state index contributed by atoms with van der Waals surface area (Å²) in [6.07, 6.45) is 6.31. The molecule has 1 heterocycles. The fourth-order valence-electron chi connectivity index (χ4n) is 2.30. The minimum absolute atomic E-state index is 0.00863. The summed E-state index contributed by atoms with van der Waals surface area (Å²) in [5.41, 5.74) is 1.98. The summed E-state index contributed by atoms with van der Waals surface area (Å²) in [6.45, 7) is 7.88. The van der Waals surface area contributed by atoms with E-state index in [-0.39, 0.29) is 11.4 Å². The highest BCUT2D eigenvalue weighted by Crippen LogP contribution is 2.29. The van der Waals surface area contributed by atoms with E-state index in [0.29, 0.717) is 6.54 Å². The maximum absolute atomic E-state index is 12.0. The van der Waals surface area contributed by atoms with Crippen LogP contribution in [-0.4, -0.2) is 22.1 Å². The third-order valence-corrected chi connectivity index (χ3v) is 3.42. The number of rotatable bonds is 5. The van der Waals surface area contributed by atoms with E-state index in [0.717, 1.165) is 24.2 Å². The second kappa shape index (κ2) is 7.11. The van der Waals surface area contributed by atoms with Gasteiger partial charge in [-0.2, -0.15) is 0 Å². The van der Waals surface area contributed by atoms with Crippen molar-refractivity contribution in [1.29, 1.82) is 0 Å². The van der Waals surface area contributed by atoms with E-state index in [1.807, 2.05) is 29.0 Å². The van der Waals surface area contributed by atoms with Crippen molar-refractivity contribution in [2.75, 3.05) is 11.9 Å². The zero-order valence-corrected chi connectivity index (χ0v) is 13.5. The summed E-state index contributed by atoms with van der Waals surface area (Å²) < 4.78 is 1.99. The molecule has 0 spiro atoms. The van der Waals surface area contributed by atoms with Crippen molar-refractivity contribution < 1.29 is 4.79 Å². The molecule has 0 aliphatic carbocycles. The molecule has 1 aromatic heterocycles. The second-order valence-electron chi connectivity index (χ2n) is 6.33. The molecule has 0 bridgehead atoms. The van der Waals surface area contributed by atoms with E-state index in [9.17, 15) is 4.79 Å². The van der Waals surface area contributed by atoms with Crippen LogP contribution in [0, 0.1) is 0 Å². The average Bonchev–Trinajstić information content (AvgIpc) is 2.96. The monoisotopic (exact) mass is 300 g/mol. The molecule has 2 aromatic rings. The van der Waals surface area contributed by atoms with Gasteiger partial charge in [-0.05, 0) is 23.5 Å². The van der Waals surface area contributed by atoms with Gasteiger partial charge in [0.1, 0.15) is 0 Å². The number of urea groups is 1. The van der Waals surface area contributed by atoms with Crippen LogP contribution in [0.4, 0.5) is 10.5 Å². The number of amides is 2. The van der Waals surface area contributed by atoms with Gasteiger partial charge in [-0.15, -0.1) is 0 Å². The van der Waals surface area contributed by atoms with Crippen LogP contribution in [0.2, 0.25) is 0 Å². The van der Waals surface area contributed by atoms with Crippen LogP contribution in [0.5, 0.6) is 0 Å². The van der Waals surface area contributed by atoms with Crippen LogP contribution < -0.4 is 10.6 Å². The van der Waals surface area contributed by atoms with Crippen LogP contribution in [-0.2, 0) is 12.0 Å². The lowest BCUT2D eigenvalue weighted by atomic mass is 9.86. The molecule has 0 unspecified atom stereocenters. The van der Waals surface area contributed by atoms with E-state index in [2.05, 4.69) is 42.5 Å². The Morgan fingerprint density at radius 1 is 1.27 bits per heavy atom. The molecule has 0 fully saturated rings. The third-order valence-electron chi connectivity index (χ3n) is 3.42.